The zero-order valence-corrected chi connectivity index (χ0v) is 12.1. The largest absolute Gasteiger partial charge is 0.322 e. The molecule has 0 bridgehead atoms. The van der Waals surface area contributed by atoms with Crippen molar-refractivity contribution in [2.75, 3.05) is 5.32 Å². The molecule has 1 amide bonds. The van der Waals surface area contributed by atoms with Crippen LogP contribution in [0.5, 0.6) is 0 Å². The molecule has 0 radical (unpaired) electrons. The van der Waals surface area contributed by atoms with Crippen molar-refractivity contribution in [1.82, 2.24) is 5.32 Å². The summed E-state index contributed by atoms with van der Waals surface area (Å²) in [6, 6.07) is 10.7. The van der Waals surface area contributed by atoms with Crippen LogP contribution in [0.15, 0.2) is 36.4 Å². The van der Waals surface area contributed by atoms with Crippen molar-refractivity contribution in [3.8, 4) is 0 Å². The number of amides is 1. The third kappa shape index (κ3) is 2.80. The van der Waals surface area contributed by atoms with Gasteiger partial charge in [-0.2, -0.15) is 0 Å². The van der Waals surface area contributed by atoms with Gasteiger partial charge in [0.15, 0.2) is 0 Å². The van der Waals surface area contributed by atoms with Crippen molar-refractivity contribution in [3.05, 3.63) is 63.1 Å². The minimum Gasteiger partial charge on any atom is -0.322 e. The van der Waals surface area contributed by atoms with E-state index in [1.54, 1.807) is 18.2 Å². The smallest absolute Gasteiger partial charge is 0.255 e. The van der Waals surface area contributed by atoms with Crippen molar-refractivity contribution < 1.29 is 4.79 Å². The lowest BCUT2D eigenvalue weighted by atomic mass is 10.1. The van der Waals surface area contributed by atoms with Crippen LogP contribution in [0.25, 0.3) is 0 Å². The van der Waals surface area contributed by atoms with Crippen molar-refractivity contribution in [1.29, 1.82) is 0 Å². The summed E-state index contributed by atoms with van der Waals surface area (Å²) in [5.41, 5.74) is 3.63. The molecule has 0 aliphatic carbocycles. The number of anilines is 1. The first kappa shape index (κ1) is 13.4. The number of nitrogens with one attached hydrogen (secondary N) is 2. The molecule has 3 rings (SSSR count). The van der Waals surface area contributed by atoms with Crippen molar-refractivity contribution >= 4 is 34.8 Å². The Labute approximate surface area is 126 Å². The molecule has 5 heteroatoms. The number of benzene rings is 2. The van der Waals surface area contributed by atoms with Crippen LogP contribution in [0.3, 0.4) is 0 Å². The molecule has 0 saturated heterocycles. The van der Waals surface area contributed by atoms with E-state index < -0.39 is 0 Å². The minimum atomic E-state index is -0.168. The number of fused-ring (bicyclic) bond motifs is 1. The molecule has 0 atom stereocenters. The van der Waals surface area contributed by atoms with Crippen LogP contribution in [-0.2, 0) is 13.1 Å². The molecule has 2 N–H and O–H groups in total. The molecule has 1 heterocycles. The quantitative estimate of drug-likeness (QED) is 0.885. The van der Waals surface area contributed by atoms with Crippen LogP contribution >= 0.6 is 23.2 Å². The van der Waals surface area contributed by atoms with Gasteiger partial charge in [0.2, 0.25) is 0 Å². The second-order valence-corrected chi connectivity index (χ2v) is 5.57. The van der Waals surface area contributed by atoms with E-state index >= 15 is 0 Å². The van der Waals surface area contributed by atoms with Crippen molar-refractivity contribution in [2.24, 2.45) is 0 Å². The van der Waals surface area contributed by atoms with Gasteiger partial charge in [-0.15, -0.1) is 0 Å². The first-order valence-corrected chi connectivity index (χ1v) is 6.97. The van der Waals surface area contributed by atoms with E-state index in [1.807, 2.05) is 18.2 Å². The Bertz CT molecular complexity index is 665. The van der Waals surface area contributed by atoms with E-state index in [0.29, 0.717) is 21.3 Å². The van der Waals surface area contributed by atoms with Gasteiger partial charge in [0, 0.05) is 34.4 Å². The third-order valence-corrected chi connectivity index (χ3v) is 3.66. The maximum absolute atomic E-state index is 12.2. The fraction of sp³-hybridized carbons (Fsp3) is 0.133. The Kier molecular flexibility index (Phi) is 3.66. The number of hydrogen-bond donors (Lipinski definition) is 2. The summed E-state index contributed by atoms with van der Waals surface area (Å²) in [6.45, 7) is 1.67. The highest BCUT2D eigenvalue weighted by atomic mass is 35.5. The Morgan fingerprint density at radius 1 is 1.00 bits per heavy atom. The first-order chi connectivity index (χ1) is 9.61. The normalized spacial score (nSPS) is 13.1. The van der Waals surface area contributed by atoms with E-state index in [4.69, 9.17) is 23.2 Å². The number of rotatable bonds is 2. The Morgan fingerprint density at radius 3 is 2.45 bits per heavy atom. The summed E-state index contributed by atoms with van der Waals surface area (Å²) in [7, 11) is 0. The van der Waals surface area contributed by atoms with E-state index in [-0.39, 0.29) is 5.91 Å². The molecule has 0 saturated carbocycles. The van der Waals surface area contributed by atoms with E-state index in [1.165, 1.54) is 11.1 Å². The molecule has 0 unspecified atom stereocenters. The van der Waals surface area contributed by atoms with Crippen molar-refractivity contribution in [3.63, 3.8) is 0 Å². The predicted molar refractivity (Wildman–Crippen MR) is 81.4 cm³/mol. The average molecular weight is 307 g/mol. The summed E-state index contributed by atoms with van der Waals surface area (Å²) < 4.78 is 0. The van der Waals surface area contributed by atoms with Gasteiger partial charge < -0.3 is 10.6 Å². The van der Waals surface area contributed by atoms with Gasteiger partial charge in [0.25, 0.3) is 5.91 Å². The molecule has 3 nitrogen and oxygen atoms in total. The van der Waals surface area contributed by atoms with Crippen LogP contribution in [-0.4, -0.2) is 5.91 Å². The van der Waals surface area contributed by atoms with Gasteiger partial charge in [-0.05, 0) is 41.5 Å². The summed E-state index contributed by atoms with van der Waals surface area (Å²) in [6.07, 6.45) is 0. The van der Waals surface area contributed by atoms with Crippen LogP contribution in [0.1, 0.15) is 21.5 Å². The molecule has 2 aromatic carbocycles. The second kappa shape index (κ2) is 5.44. The van der Waals surface area contributed by atoms with Gasteiger partial charge in [-0.1, -0.05) is 29.3 Å². The van der Waals surface area contributed by atoms with E-state index in [2.05, 4.69) is 10.6 Å². The summed E-state index contributed by atoms with van der Waals surface area (Å²) in [4.78, 5) is 12.2. The van der Waals surface area contributed by atoms with E-state index in [9.17, 15) is 4.79 Å². The Hall–Kier alpha value is -1.55. The lowest BCUT2D eigenvalue weighted by molar-refractivity contribution is 0.102. The second-order valence-electron chi connectivity index (χ2n) is 4.70. The molecule has 102 valence electrons. The molecule has 0 fully saturated rings. The highest BCUT2D eigenvalue weighted by Crippen LogP contribution is 2.23. The Morgan fingerprint density at radius 2 is 1.70 bits per heavy atom. The van der Waals surface area contributed by atoms with E-state index in [0.717, 1.165) is 13.1 Å². The fourth-order valence-corrected chi connectivity index (χ4v) is 2.79. The standard InChI is InChI=1S/C15H12Cl2N2O/c16-12-4-13(17)6-14(5-12)19-15(20)9-1-2-10-7-18-8-11(10)3-9/h1-6,18H,7-8H2,(H,19,20). The van der Waals surface area contributed by atoms with Gasteiger partial charge in [-0.25, -0.2) is 0 Å². The molecule has 1 aliphatic rings. The number of carbonyl (C=O) groups excluding carboxylic acids is 1. The Balaban J connectivity index is 1.82. The SMILES string of the molecule is O=C(Nc1cc(Cl)cc(Cl)c1)c1ccc2c(c1)CNC2. The minimum absolute atomic E-state index is 0.168. The molecule has 0 spiro atoms. The van der Waals surface area contributed by atoms with Gasteiger partial charge in [-0.3, -0.25) is 4.79 Å². The topological polar surface area (TPSA) is 41.1 Å². The van der Waals surface area contributed by atoms with Gasteiger partial charge in [0.1, 0.15) is 0 Å². The fourth-order valence-electron chi connectivity index (χ4n) is 2.27. The lowest BCUT2D eigenvalue weighted by Crippen LogP contribution is -2.12. The molecular formula is C15H12Cl2N2O. The third-order valence-electron chi connectivity index (χ3n) is 3.22. The van der Waals surface area contributed by atoms with Crippen molar-refractivity contribution in [2.45, 2.75) is 13.1 Å². The van der Waals surface area contributed by atoms with Gasteiger partial charge >= 0.3 is 0 Å². The lowest BCUT2D eigenvalue weighted by Gasteiger charge is -2.07. The maximum atomic E-state index is 12.2. The highest BCUT2D eigenvalue weighted by molar-refractivity contribution is 6.35. The van der Waals surface area contributed by atoms with Crippen LogP contribution in [0, 0.1) is 0 Å². The monoisotopic (exact) mass is 306 g/mol. The summed E-state index contributed by atoms with van der Waals surface area (Å²) in [5, 5.41) is 7.04. The molecule has 20 heavy (non-hydrogen) atoms. The number of carbonyl (C=O) groups is 1. The molecule has 0 aromatic heterocycles. The number of halogens is 2. The molecule has 1 aliphatic heterocycles. The number of hydrogen-bond acceptors (Lipinski definition) is 2. The highest BCUT2D eigenvalue weighted by Gasteiger charge is 2.13. The first-order valence-electron chi connectivity index (χ1n) is 6.22. The van der Waals surface area contributed by atoms with Crippen LogP contribution < -0.4 is 10.6 Å². The summed E-state index contributed by atoms with van der Waals surface area (Å²) >= 11 is 11.8. The van der Waals surface area contributed by atoms with Gasteiger partial charge in [0.05, 0.1) is 0 Å². The zero-order valence-electron chi connectivity index (χ0n) is 10.5. The molecule has 2 aromatic rings. The predicted octanol–water partition coefficient (Wildman–Crippen LogP) is 3.85. The maximum Gasteiger partial charge on any atom is 0.255 e. The zero-order chi connectivity index (χ0) is 14.1. The average Bonchev–Trinajstić information content (AvgIpc) is 2.84. The summed E-state index contributed by atoms with van der Waals surface area (Å²) in [5.74, 6) is -0.168. The van der Waals surface area contributed by atoms with Crippen LogP contribution in [0.4, 0.5) is 5.69 Å². The van der Waals surface area contributed by atoms with Crippen LogP contribution in [0.2, 0.25) is 10.0 Å². The molecular weight excluding hydrogens is 295 g/mol.